The first-order chi connectivity index (χ1) is 9.10. The molecule has 2 N–H and O–H groups in total. The number of aromatic hydroxyl groups is 1. The first kappa shape index (κ1) is 13.2. The molecule has 100 valence electrons. The Labute approximate surface area is 112 Å². The fourth-order valence-electron chi connectivity index (χ4n) is 2.10. The minimum Gasteiger partial charge on any atom is -0.508 e. The van der Waals surface area contributed by atoms with Gasteiger partial charge in [0.25, 0.3) is 0 Å². The number of fused-ring (bicyclic) bond motifs is 1. The molecule has 0 radical (unpaired) electrons. The van der Waals surface area contributed by atoms with Crippen molar-refractivity contribution in [2.75, 3.05) is 13.7 Å². The van der Waals surface area contributed by atoms with Gasteiger partial charge in [0.2, 0.25) is 5.91 Å². The molecule has 0 fully saturated rings. The molecular weight excluding hydrogens is 242 g/mol. The Morgan fingerprint density at radius 1 is 1.32 bits per heavy atom. The van der Waals surface area contributed by atoms with Crippen molar-refractivity contribution >= 4 is 16.7 Å². The summed E-state index contributed by atoms with van der Waals surface area (Å²) in [6, 6.07) is 9.16. The number of amides is 1. The predicted molar refractivity (Wildman–Crippen MR) is 74.6 cm³/mol. The molecule has 0 bridgehead atoms. The molecule has 0 atom stereocenters. The van der Waals surface area contributed by atoms with E-state index in [1.165, 1.54) is 6.92 Å². The number of benzene rings is 2. The summed E-state index contributed by atoms with van der Waals surface area (Å²) in [6.07, 6.45) is 0.664. The van der Waals surface area contributed by atoms with Crippen molar-refractivity contribution in [2.24, 2.45) is 0 Å². The van der Waals surface area contributed by atoms with Crippen LogP contribution >= 0.6 is 0 Å². The lowest BCUT2D eigenvalue weighted by Crippen LogP contribution is -2.22. The summed E-state index contributed by atoms with van der Waals surface area (Å²) in [5, 5.41) is 14.5. The van der Waals surface area contributed by atoms with Crippen LogP contribution in [0.1, 0.15) is 12.5 Å². The molecule has 0 spiro atoms. The topological polar surface area (TPSA) is 58.6 Å². The Bertz CT molecular complexity index is 608. The van der Waals surface area contributed by atoms with Gasteiger partial charge < -0.3 is 15.2 Å². The van der Waals surface area contributed by atoms with Crippen LogP contribution in [0, 0.1) is 0 Å². The van der Waals surface area contributed by atoms with Crippen LogP contribution < -0.4 is 10.1 Å². The summed E-state index contributed by atoms with van der Waals surface area (Å²) in [5.74, 6) is 0.955. The summed E-state index contributed by atoms with van der Waals surface area (Å²) < 4.78 is 5.22. The number of ether oxygens (including phenoxy) is 1. The van der Waals surface area contributed by atoms with Gasteiger partial charge in [-0.1, -0.05) is 6.07 Å². The molecule has 19 heavy (non-hydrogen) atoms. The lowest BCUT2D eigenvalue weighted by atomic mass is 10.0. The molecular formula is C15H17NO3. The van der Waals surface area contributed by atoms with Crippen LogP contribution in [-0.2, 0) is 11.2 Å². The third-order valence-electron chi connectivity index (χ3n) is 3.00. The van der Waals surface area contributed by atoms with Gasteiger partial charge in [-0.15, -0.1) is 0 Å². The minimum absolute atomic E-state index is 0.0537. The first-order valence-corrected chi connectivity index (χ1v) is 6.14. The average Bonchev–Trinajstić information content (AvgIpc) is 2.37. The number of hydrogen-bond acceptors (Lipinski definition) is 3. The fraction of sp³-hybridized carbons (Fsp3) is 0.267. The van der Waals surface area contributed by atoms with Gasteiger partial charge in [0, 0.05) is 13.5 Å². The number of carbonyl (C=O) groups is 1. The highest BCUT2D eigenvalue weighted by atomic mass is 16.5. The molecule has 2 aromatic carbocycles. The number of phenolic OH excluding ortho intramolecular Hbond substituents is 1. The van der Waals surface area contributed by atoms with Gasteiger partial charge in [-0.3, -0.25) is 4.79 Å². The van der Waals surface area contributed by atoms with E-state index < -0.39 is 0 Å². The van der Waals surface area contributed by atoms with Crippen molar-refractivity contribution in [3.63, 3.8) is 0 Å². The second-order valence-electron chi connectivity index (χ2n) is 4.42. The maximum Gasteiger partial charge on any atom is 0.216 e. The fourth-order valence-corrected chi connectivity index (χ4v) is 2.10. The second-order valence-corrected chi connectivity index (χ2v) is 4.42. The van der Waals surface area contributed by atoms with Crippen LogP contribution in [0.3, 0.4) is 0 Å². The van der Waals surface area contributed by atoms with Gasteiger partial charge >= 0.3 is 0 Å². The summed E-state index contributed by atoms with van der Waals surface area (Å²) in [6.45, 7) is 2.04. The molecule has 0 saturated heterocycles. The van der Waals surface area contributed by atoms with Crippen LogP contribution in [0.5, 0.6) is 11.5 Å². The van der Waals surface area contributed by atoms with Crippen LogP contribution in [0.2, 0.25) is 0 Å². The third kappa shape index (κ3) is 3.16. The zero-order valence-corrected chi connectivity index (χ0v) is 11.1. The quantitative estimate of drug-likeness (QED) is 0.885. The molecule has 4 nitrogen and oxygen atoms in total. The van der Waals surface area contributed by atoms with Crippen molar-refractivity contribution in [3.8, 4) is 11.5 Å². The Morgan fingerprint density at radius 3 is 2.79 bits per heavy atom. The van der Waals surface area contributed by atoms with E-state index in [1.807, 2.05) is 18.2 Å². The summed E-state index contributed by atoms with van der Waals surface area (Å²) in [7, 11) is 1.62. The normalized spacial score (nSPS) is 10.4. The van der Waals surface area contributed by atoms with Crippen LogP contribution in [0.15, 0.2) is 30.3 Å². The summed E-state index contributed by atoms with van der Waals surface area (Å²) in [4.78, 5) is 10.9. The molecule has 0 aromatic heterocycles. The van der Waals surface area contributed by atoms with Gasteiger partial charge in [0.05, 0.1) is 7.11 Å². The van der Waals surface area contributed by atoms with Gasteiger partial charge in [0.15, 0.2) is 0 Å². The van der Waals surface area contributed by atoms with Crippen molar-refractivity contribution in [2.45, 2.75) is 13.3 Å². The Balaban J connectivity index is 2.36. The third-order valence-corrected chi connectivity index (χ3v) is 3.00. The Hall–Kier alpha value is -2.23. The number of carbonyl (C=O) groups excluding carboxylic acids is 1. The van der Waals surface area contributed by atoms with Crippen LogP contribution in [-0.4, -0.2) is 24.7 Å². The van der Waals surface area contributed by atoms with E-state index in [2.05, 4.69) is 5.32 Å². The molecule has 0 aliphatic heterocycles. The number of hydrogen-bond donors (Lipinski definition) is 2. The minimum atomic E-state index is -0.0537. The smallest absolute Gasteiger partial charge is 0.216 e. The lowest BCUT2D eigenvalue weighted by molar-refractivity contribution is -0.118. The molecule has 0 heterocycles. The zero-order valence-electron chi connectivity index (χ0n) is 11.1. The molecule has 0 aliphatic carbocycles. The van der Waals surface area contributed by atoms with Crippen molar-refractivity contribution < 1.29 is 14.6 Å². The highest BCUT2D eigenvalue weighted by molar-refractivity contribution is 5.88. The van der Waals surface area contributed by atoms with Gasteiger partial charge in [-0.05, 0) is 47.0 Å². The Kier molecular flexibility index (Phi) is 3.90. The van der Waals surface area contributed by atoms with Crippen molar-refractivity contribution in [1.29, 1.82) is 0 Å². The van der Waals surface area contributed by atoms with E-state index in [0.29, 0.717) is 13.0 Å². The van der Waals surface area contributed by atoms with Crippen molar-refractivity contribution in [1.82, 2.24) is 5.32 Å². The molecule has 2 aromatic rings. The SMILES string of the molecule is COc1ccc2cc(O)cc(CCNC(C)=O)c2c1. The maximum absolute atomic E-state index is 10.9. The maximum atomic E-state index is 10.9. The molecule has 0 aliphatic rings. The van der Waals surface area contributed by atoms with E-state index in [4.69, 9.17) is 4.74 Å². The van der Waals surface area contributed by atoms with Crippen LogP contribution in [0.4, 0.5) is 0 Å². The largest absolute Gasteiger partial charge is 0.508 e. The lowest BCUT2D eigenvalue weighted by Gasteiger charge is -2.10. The highest BCUT2D eigenvalue weighted by Crippen LogP contribution is 2.28. The summed E-state index contributed by atoms with van der Waals surface area (Å²) >= 11 is 0. The molecule has 2 rings (SSSR count). The van der Waals surface area contributed by atoms with Gasteiger partial charge in [-0.2, -0.15) is 0 Å². The molecule has 0 saturated carbocycles. The van der Waals surface area contributed by atoms with E-state index in [0.717, 1.165) is 22.1 Å². The number of rotatable bonds is 4. The highest BCUT2D eigenvalue weighted by Gasteiger charge is 2.06. The number of phenols is 1. The molecule has 4 heteroatoms. The van der Waals surface area contributed by atoms with Gasteiger partial charge in [0.1, 0.15) is 11.5 Å². The van der Waals surface area contributed by atoms with Gasteiger partial charge in [-0.25, -0.2) is 0 Å². The Morgan fingerprint density at radius 2 is 2.11 bits per heavy atom. The number of nitrogens with one attached hydrogen (secondary N) is 1. The van der Waals surface area contributed by atoms with E-state index in [-0.39, 0.29) is 11.7 Å². The van der Waals surface area contributed by atoms with E-state index in [9.17, 15) is 9.90 Å². The zero-order chi connectivity index (χ0) is 13.8. The number of methoxy groups -OCH3 is 1. The first-order valence-electron chi connectivity index (χ1n) is 6.14. The second kappa shape index (κ2) is 5.61. The monoisotopic (exact) mass is 259 g/mol. The average molecular weight is 259 g/mol. The van der Waals surface area contributed by atoms with Crippen LogP contribution in [0.25, 0.3) is 10.8 Å². The summed E-state index contributed by atoms with van der Waals surface area (Å²) in [5.41, 5.74) is 0.989. The standard InChI is InChI=1S/C15H17NO3/c1-10(17)16-6-5-12-8-13(18)7-11-3-4-14(19-2)9-15(11)12/h3-4,7-9,18H,5-6H2,1-2H3,(H,16,17). The van der Waals surface area contributed by atoms with E-state index >= 15 is 0 Å². The molecule has 0 unspecified atom stereocenters. The van der Waals surface area contributed by atoms with Crippen molar-refractivity contribution in [3.05, 3.63) is 35.9 Å². The predicted octanol–water partition coefficient (Wildman–Crippen LogP) is 2.23. The molecule has 1 amide bonds. The van der Waals surface area contributed by atoms with E-state index in [1.54, 1.807) is 19.2 Å².